The van der Waals surface area contributed by atoms with E-state index in [1.165, 1.54) is 11.1 Å². The molecule has 17 heavy (non-hydrogen) atoms. The molecule has 0 unspecified atom stereocenters. The van der Waals surface area contributed by atoms with Crippen molar-refractivity contribution in [3.05, 3.63) is 36.0 Å². The Hall–Kier alpha value is -1.31. The fraction of sp³-hybridized carbons (Fsp3) is 0.533. The van der Waals surface area contributed by atoms with E-state index in [0.29, 0.717) is 17.4 Å². The molecule has 90 valence electrons. The minimum absolute atomic E-state index is 0.0105. The van der Waals surface area contributed by atoms with Crippen LogP contribution in [-0.2, 0) is 9.53 Å². The first-order valence-corrected chi connectivity index (χ1v) is 6.33. The maximum Gasteiger partial charge on any atom is 0.334 e. The van der Waals surface area contributed by atoms with E-state index >= 15 is 0 Å². The Labute approximate surface area is 102 Å². The third-order valence-electron chi connectivity index (χ3n) is 4.66. The summed E-state index contributed by atoms with van der Waals surface area (Å²) in [6.45, 7) is 10.3. The van der Waals surface area contributed by atoms with Crippen molar-refractivity contribution >= 4 is 5.97 Å². The lowest BCUT2D eigenvalue weighted by Gasteiger charge is -2.26. The van der Waals surface area contributed by atoms with Crippen LogP contribution in [-0.4, -0.2) is 12.1 Å². The Balaban J connectivity index is 2.03. The molecule has 3 aliphatic rings. The SMILES string of the molecule is C=C1CC[C@H]2C(C)=CC[C@@H]3C(=C)C(=O)O[C@@H]3[C@@H]12. The predicted molar refractivity (Wildman–Crippen MR) is 66.2 cm³/mol. The molecule has 0 aromatic carbocycles. The van der Waals surface area contributed by atoms with Crippen LogP contribution in [0, 0.1) is 17.8 Å². The average Bonchev–Trinajstić information content (AvgIpc) is 2.75. The van der Waals surface area contributed by atoms with Crippen LogP contribution in [0.1, 0.15) is 26.2 Å². The lowest BCUT2D eigenvalue weighted by Crippen LogP contribution is -2.29. The zero-order valence-electron chi connectivity index (χ0n) is 10.2. The number of ether oxygens (including phenoxy) is 1. The molecule has 0 aromatic rings. The van der Waals surface area contributed by atoms with E-state index in [4.69, 9.17) is 4.74 Å². The molecule has 1 heterocycles. The fourth-order valence-electron chi connectivity index (χ4n) is 3.64. The highest BCUT2D eigenvalue weighted by molar-refractivity contribution is 5.91. The van der Waals surface area contributed by atoms with Crippen LogP contribution in [0.2, 0.25) is 0 Å². The molecule has 0 spiro atoms. The van der Waals surface area contributed by atoms with Gasteiger partial charge in [0.25, 0.3) is 0 Å². The van der Waals surface area contributed by atoms with Gasteiger partial charge in [-0.1, -0.05) is 30.4 Å². The molecule has 4 atom stereocenters. The third kappa shape index (κ3) is 1.43. The minimum atomic E-state index is -0.202. The number of hydrogen-bond acceptors (Lipinski definition) is 2. The Morgan fingerprint density at radius 2 is 2.12 bits per heavy atom. The van der Waals surface area contributed by atoms with Crippen molar-refractivity contribution in [3.8, 4) is 0 Å². The zero-order chi connectivity index (χ0) is 12.2. The van der Waals surface area contributed by atoms with Crippen molar-refractivity contribution in [1.29, 1.82) is 0 Å². The van der Waals surface area contributed by atoms with E-state index in [1.807, 2.05) is 0 Å². The monoisotopic (exact) mass is 230 g/mol. The molecule has 2 nitrogen and oxygen atoms in total. The van der Waals surface area contributed by atoms with Crippen LogP contribution in [0.5, 0.6) is 0 Å². The van der Waals surface area contributed by atoms with Gasteiger partial charge in [-0.15, -0.1) is 0 Å². The first-order valence-electron chi connectivity index (χ1n) is 6.33. The molecule has 1 saturated heterocycles. The quantitative estimate of drug-likeness (QED) is 0.363. The fourth-order valence-corrected chi connectivity index (χ4v) is 3.64. The van der Waals surface area contributed by atoms with Crippen molar-refractivity contribution in [2.24, 2.45) is 17.8 Å². The van der Waals surface area contributed by atoms with Gasteiger partial charge in [-0.25, -0.2) is 4.79 Å². The van der Waals surface area contributed by atoms with Gasteiger partial charge in [0.2, 0.25) is 0 Å². The van der Waals surface area contributed by atoms with Gasteiger partial charge in [0.05, 0.1) is 0 Å². The summed E-state index contributed by atoms with van der Waals surface area (Å²) in [6, 6.07) is 0. The van der Waals surface area contributed by atoms with Gasteiger partial charge in [0.15, 0.2) is 0 Å². The van der Waals surface area contributed by atoms with Gasteiger partial charge >= 0.3 is 5.97 Å². The molecule has 2 heteroatoms. The molecule has 2 fully saturated rings. The summed E-state index contributed by atoms with van der Waals surface area (Å²) in [5.74, 6) is 0.812. The van der Waals surface area contributed by atoms with Gasteiger partial charge in [-0.2, -0.15) is 0 Å². The Bertz CT molecular complexity index is 444. The van der Waals surface area contributed by atoms with E-state index in [2.05, 4.69) is 26.2 Å². The van der Waals surface area contributed by atoms with Gasteiger partial charge in [0.1, 0.15) is 6.10 Å². The second-order valence-corrected chi connectivity index (χ2v) is 5.51. The lowest BCUT2D eigenvalue weighted by atomic mass is 9.81. The summed E-state index contributed by atoms with van der Waals surface area (Å²) in [5, 5.41) is 0. The van der Waals surface area contributed by atoms with Crippen molar-refractivity contribution in [2.45, 2.75) is 32.3 Å². The number of carbonyl (C=O) groups is 1. The van der Waals surface area contributed by atoms with Crippen LogP contribution in [0.3, 0.4) is 0 Å². The highest BCUT2D eigenvalue weighted by Crippen LogP contribution is 2.50. The van der Waals surface area contributed by atoms with Crippen LogP contribution in [0.4, 0.5) is 0 Å². The molecule has 1 saturated carbocycles. The summed E-state index contributed by atoms with van der Waals surface area (Å²) < 4.78 is 5.56. The van der Waals surface area contributed by atoms with Gasteiger partial charge < -0.3 is 4.74 Å². The summed E-state index contributed by atoms with van der Waals surface area (Å²) >= 11 is 0. The number of esters is 1. The molecule has 2 aliphatic carbocycles. The second-order valence-electron chi connectivity index (χ2n) is 5.51. The van der Waals surface area contributed by atoms with E-state index in [1.54, 1.807) is 0 Å². The topological polar surface area (TPSA) is 26.3 Å². The maximum absolute atomic E-state index is 11.7. The molecule has 0 amide bonds. The van der Waals surface area contributed by atoms with Crippen LogP contribution in [0.15, 0.2) is 36.0 Å². The van der Waals surface area contributed by atoms with Crippen molar-refractivity contribution in [3.63, 3.8) is 0 Å². The Morgan fingerprint density at radius 1 is 1.35 bits per heavy atom. The predicted octanol–water partition coefficient (Wildman–Crippen LogP) is 3.02. The standard InChI is InChI=1S/C15H18O2/c1-8-4-7-12-10(3)15(16)17-14(12)13-9(2)5-6-11(8)13/h4,11-14H,2-3,5-7H2,1H3/t11-,12+,13-,14-/m0/s1. The van der Waals surface area contributed by atoms with Crippen molar-refractivity contribution < 1.29 is 9.53 Å². The first-order chi connectivity index (χ1) is 8.09. The summed E-state index contributed by atoms with van der Waals surface area (Å²) in [6.07, 6.45) is 5.37. The molecular weight excluding hydrogens is 212 g/mol. The zero-order valence-corrected chi connectivity index (χ0v) is 10.2. The minimum Gasteiger partial charge on any atom is -0.458 e. The van der Waals surface area contributed by atoms with E-state index in [9.17, 15) is 4.79 Å². The van der Waals surface area contributed by atoms with Gasteiger partial charge in [-0.3, -0.25) is 0 Å². The Morgan fingerprint density at radius 3 is 2.88 bits per heavy atom. The normalized spacial score (nSPS) is 40.5. The largest absolute Gasteiger partial charge is 0.458 e. The van der Waals surface area contributed by atoms with E-state index in [-0.39, 0.29) is 18.0 Å². The van der Waals surface area contributed by atoms with Gasteiger partial charge in [-0.05, 0) is 32.1 Å². The van der Waals surface area contributed by atoms with Crippen molar-refractivity contribution in [1.82, 2.24) is 0 Å². The molecule has 0 bridgehead atoms. The maximum atomic E-state index is 11.7. The number of carbonyl (C=O) groups excluding carboxylic acids is 1. The molecule has 3 rings (SSSR count). The highest BCUT2D eigenvalue weighted by Gasteiger charge is 2.49. The second kappa shape index (κ2) is 3.59. The summed E-state index contributed by atoms with van der Waals surface area (Å²) in [7, 11) is 0. The third-order valence-corrected chi connectivity index (χ3v) is 4.66. The van der Waals surface area contributed by atoms with Gasteiger partial charge in [0, 0.05) is 17.4 Å². The number of fused-ring (bicyclic) bond motifs is 3. The number of rotatable bonds is 0. The highest BCUT2D eigenvalue weighted by atomic mass is 16.6. The lowest BCUT2D eigenvalue weighted by molar-refractivity contribution is -0.141. The first kappa shape index (κ1) is 10.8. The van der Waals surface area contributed by atoms with E-state index in [0.717, 1.165) is 19.3 Å². The van der Waals surface area contributed by atoms with Crippen molar-refractivity contribution in [2.75, 3.05) is 0 Å². The Kier molecular flexibility index (Phi) is 2.29. The summed E-state index contributed by atoms with van der Waals surface area (Å²) in [4.78, 5) is 11.7. The average molecular weight is 230 g/mol. The van der Waals surface area contributed by atoms with E-state index < -0.39 is 0 Å². The van der Waals surface area contributed by atoms with Crippen LogP contribution in [0.25, 0.3) is 0 Å². The molecule has 0 aromatic heterocycles. The molecule has 0 radical (unpaired) electrons. The molecular formula is C15H18O2. The van der Waals surface area contributed by atoms with Crippen LogP contribution >= 0.6 is 0 Å². The molecule has 1 aliphatic heterocycles. The smallest absolute Gasteiger partial charge is 0.334 e. The number of allylic oxidation sites excluding steroid dienone is 2. The van der Waals surface area contributed by atoms with Crippen LogP contribution < -0.4 is 0 Å². The number of hydrogen-bond donors (Lipinski definition) is 0. The molecule has 0 N–H and O–H groups in total. The summed E-state index contributed by atoms with van der Waals surface area (Å²) in [5.41, 5.74) is 3.34.